The number of aromatic nitrogens is 4. The number of nitrogens with zero attached hydrogens (tertiary/aromatic N) is 5. The molecule has 0 amide bonds. The van der Waals surface area contributed by atoms with Crippen LogP contribution in [0, 0.1) is 0 Å². The van der Waals surface area contributed by atoms with Crippen LogP contribution in [0.4, 0.5) is 0 Å². The molecule has 0 spiro atoms. The van der Waals surface area contributed by atoms with Gasteiger partial charge in [0.15, 0.2) is 5.82 Å². The van der Waals surface area contributed by atoms with E-state index in [9.17, 15) is 0 Å². The summed E-state index contributed by atoms with van der Waals surface area (Å²) in [6.07, 6.45) is 2.36. The monoisotopic (exact) mass is 211 g/mol. The lowest BCUT2D eigenvalue weighted by molar-refractivity contribution is 0.150. The fraction of sp³-hybridized carbons (Fsp3) is 0.889. The van der Waals surface area contributed by atoms with E-state index in [0.717, 1.165) is 5.82 Å². The van der Waals surface area contributed by atoms with Gasteiger partial charge in [0.1, 0.15) is 0 Å². The van der Waals surface area contributed by atoms with Gasteiger partial charge in [0.25, 0.3) is 0 Å². The van der Waals surface area contributed by atoms with Gasteiger partial charge in [-0.2, -0.15) is 0 Å². The second-order valence-electron chi connectivity index (χ2n) is 4.22. The van der Waals surface area contributed by atoms with Crippen molar-refractivity contribution in [3.05, 3.63) is 5.82 Å². The summed E-state index contributed by atoms with van der Waals surface area (Å²) < 4.78 is 1.90. The van der Waals surface area contributed by atoms with E-state index < -0.39 is 0 Å². The lowest BCUT2D eigenvalue weighted by Gasteiger charge is -2.21. The molecule has 1 aliphatic carbocycles. The number of aliphatic hydroxyl groups excluding tert-OH is 1. The normalized spacial score (nSPS) is 18.4. The third-order valence-electron chi connectivity index (χ3n) is 2.86. The highest BCUT2D eigenvalue weighted by atomic mass is 16.3. The van der Waals surface area contributed by atoms with E-state index in [-0.39, 0.29) is 12.6 Å². The Kier molecular flexibility index (Phi) is 2.97. The van der Waals surface area contributed by atoms with Crippen molar-refractivity contribution < 1.29 is 5.11 Å². The van der Waals surface area contributed by atoms with Gasteiger partial charge < -0.3 is 5.11 Å². The number of hydrogen-bond acceptors (Lipinski definition) is 5. The second kappa shape index (κ2) is 4.24. The first-order valence-corrected chi connectivity index (χ1v) is 5.30. The number of hydrogen-bond donors (Lipinski definition) is 1. The van der Waals surface area contributed by atoms with Crippen LogP contribution in [0.3, 0.4) is 0 Å². The van der Waals surface area contributed by atoms with Crippen LogP contribution in [-0.4, -0.2) is 49.9 Å². The van der Waals surface area contributed by atoms with Gasteiger partial charge in [0.05, 0.1) is 19.2 Å². The van der Waals surface area contributed by atoms with E-state index in [1.54, 1.807) is 0 Å². The van der Waals surface area contributed by atoms with Crippen molar-refractivity contribution in [1.82, 2.24) is 25.1 Å². The molecular weight excluding hydrogens is 194 g/mol. The maximum absolute atomic E-state index is 9.02. The fourth-order valence-electron chi connectivity index (χ4n) is 1.44. The molecule has 2 rings (SSSR count). The van der Waals surface area contributed by atoms with Crippen LogP contribution in [0.2, 0.25) is 0 Å². The molecule has 1 aliphatic rings. The molecule has 0 bridgehead atoms. The van der Waals surface area contributed by atoms with Crippen molar-refractivity contribution in [3.8, 4) is 0 Å². The molecule has 1 heterocycles. The summed E-state index contributed by atoms with van der Waals surface area (Å²) in [6.45, 7) is 2.82. The Hall–Kier alpha value is -1.01. The lowest BCUT2D eigenvalue weighted by atomic mass is 10.3. The molecule has 15 heavy (non-hydrogen) atoms. The molecule has 1 aromatic rings. The summed E-state index contributed by atoms with van der Waals surface area (Å²) in [6, 6.07) is 0.641. The maximum Gasteiger partial charge on any atom is 0.165 e. The highest BCUT2D eigenvalue weighted by Gasteiger charge is 2.28. The average Bonchev–Trinajstić information content (AvgIpc) is 2.99. The molecule has 0 aromatic carbocycles. The molecule has 6 heteroatoms. The first-order chi connectivity index (χ1) is 7.22. The summed E-state index contributed by atoms with van der Waals surface area (Å²) in [5.74, 6) is 0.889. The van der Waals surface area contributed by atoms with Crippen LogP contribution in [0.5, 0.6) is 0 Å². The maximum atomic E-state index is 9.02. The summed E-state index contributed by atoms with van der Waals surface area (Å²) in [5.41, 5.74) is 0. The molecule has 1 N–H and O–H groups in total. The zero-order chi connectivity index (χ0) is 10.8. The van der Waals surface area contributed by atoms with E-state index in [1.807, 2.05) is 23.6 Å². The number of aliphatic hydroxyl groups is 1. The SMILES string of the molecule is CC(CO)N(C)Cc1nnnn1C1CC1. The standard InChI is InChI=1S/C9H17N5O/c1-7(6-15)13(2)5-9-10-11-12-14(9)8-3-4-8/h7-8,15H,3-6H2,1-2H3. The molecular formula is C9H17N5O. The third kappa shape index (κ3) is 2.32. The van der Waals surface area contributed by atoms with Gasteiger partial charge in [-0.25, -0.2) is 4.68 Å². The van der Waals surface area contributed by atoms with Gasteiger partial charge >= 0.3 is 0 Å². The van der Waals surface area contributed by atoms with Crippen molar-refractivity contribution in [3.63, 3.8) is 0 Å². The van der Waals surface area contributed by atoms with E-state index in [0.29, 0.717) is 12.6 Å². The molecule has 84 valence electrons. The van der Waals surface area contributed by atoms with Gasteiger partial charge in [-0.1, -0.05) is 0 Å². The predicted octanol–water partition coefficient (Wildman–Crippen LogP) is -0.179. The van der Waals surface area contributed by atoms with Crippen molar-refractivity contribution >= 4 is 0 Å². The molecule has 0 aliphatic heterocycles. The molecule has 1 saturated carbocycles. The van der Waals surface area contributed by atoms with Crippen LogP contribution < -0.4 is 0 Å². The summed E-state index contributed by atoms with van der Waals surface area (Å²) in [5, 5.41) is 20.7. The minimum atomic E-state index is 0.134. The van der Waals surface area contributed by atoms with Gasteiger partial charge in [-0.05, 0) is 37.2 Å². The van der Waals surface area contributed by atoms with Gasteiger partial charge in [-0.3, -0.25) is 4.90 Å². The highest BCUT2D eigenvalue weighted by Crippen LogP contribution is 2.34. The fourth-order valence-corrected chi connectivity index (χ4v) is 1.44. The molecule has 0 radical (unpaired) electrons. The lowest BCUT2D eigenvalue weighted by Crippen LogP contribution is -2.32. The Morgan fingerprint density at radius 1 is 1.60 bits per heavy atom. The van der Waals surface area contributed by atoms with Crippen molar-refractivity contribution in [2.45, 2.75) is 38.4 Å². The first kappa shape index (κ1) is 10.5. The number of rotatable bonds is 5. The Bertz CT molecular complexity index is 322. The van der Waals surface area contributed by atoms with Gasteiger partial charge in [0, 0.05) is 6.04 Å². The second-order valence-corrected chi connectivity index (χ2v) is 4.22. The quantitative estimate of drug-likeness (QED) is 0.732. The first-order valence-electron chi connectivity index (χ1n) is 5.30. The Labute approximate surface area is 88.9 Å². The minimum Gasteiger partial charge on any atom is -0.395 e. The van der Waals surface area contributed by atoms with E-state index in [4.69, 9.17) is 5.11 Å². The van der Waals surface area contributed by atoms with Crippen molar-refractivity contribution in [2.24, 2.45) is 0 Å². The number of tetrazole rings is 1. The Morgan fingerprint density at radius 3 is 2.93 bits per heavy atom. The van der Waals surface area contributed by atoms with Gasteiger partial charge in [-0.15, -0.1) is 5.10 Å². The molecule has 1 fully saturated rings. The molecule has 6 nitrogen and oxygen atoms in total. The van der Waals surface area contributed by atoms with E-state index in [1.165, 1.54) is 12.8 Å². The highest BCUT2D eigenvalue weighted by molar-refractivity contribution is 4.90. The van der Waals surface area contributed by atoms with Crippen molar-refractivity contribution in [2.75, 3.05) is 13.7 Å². The Balaban J connectivity index is 2.00. The van der Waals surface area contributed by atoms with Crippen LogP contribution in [0.25, 0.3) is 0 Å². The van der Waals surface area contributed by atoms with Crippen LogP contribution in [-0.2, 0) is 6.54 Å². The third-order valence-corrected chi connectivity index (χ3v) is 2.86. The van der Waals surface area contributed by atoms with Crippen LogP contribution in [0.15, 0.2) is 0 Å². The zero-order valence-electron chi connectivity index (χ0n) is 9.17. The summed E-state index contributed by atoms with van der Waals surface area (Å²) in [7, 11) is 1.97. The topological polar surface area (TPSA) is 67.1 Å². The smallest absolute Gasteiger partial charge is 0.165 e. The molecule has 1 aromatic heterocycles. The van der Waals surface area contributed by atoms with Gasteiger partial charge in [0.2, 0.25) is 0 Å². The van der Waals surface area contributed by atoms with Crippen LogP contribution >= 0.6 is 0 Å². The molecule has 1 unspecified atom stereocenters. The van der Waals surface area contributed by atoms with Crippen molar-refractivity contribution in [1.29, 1.82) is 0 Å². The van der Waals surface area contributed by atoms with E-state index in [2.05, 4.69) is 15.5 Å². The summed E-state index contributed by atoms with van der Waals surface area (Å²) >= 11 is 0. The minimum absolute atomic E-state index is 0.134. The molecule has 0 saturated heterocycles. The largest absolute Gasteiger partial charge is 0.395 e. The average molecular weight is 211 g/mol. The Morgan fingerprint density at radius 2 is 2.33 bits per heavy atom. The predicted molar refractivity (Wildman–Crippen MR) is 54.1 cm³/mol. The van der Waals surface area contributed by atoms with Crippen LogP contribution in [0.1, 0.15) is 31.6 Å². The molecule has 1 atom stereocenters. The number of likely N-dealkylation sites (N-methyl/N-ethyl adjacent to an activating group) is 1. The van der Waals surface area contributed by atoms with E-state index >= 15 is 0 Å². The summed E-state index contributed by atoms with van der Waals surface area (Å²) in [4.78, 5) is 2.05. The zero-order valence-corrected chi connectivity index (χ0v) is 9.17.